The van der Waals surface area contributed by atoms with Crippen LogP contribution in [-0.2, 0) is 16.1 Å². The third kappa shape index (κ3) is 5.17. The molecule has 3 aromatic rings. The van der Waals surface area contributed by atoms with Crippen molar-refractivity contribution in [1.29, 1.82) is 0 Å². The van der Waals surface area contributed by atoms with E-state index in [1.807, 2.05) is 48.5 Å². The number of benzene rings is 2. The highest BCUT2D eigenvalue weighted by molar-refractivity contribution is 7.99. The van der Waals surface area contributed by atoms with E-state index in [1.165, 1.54) is 11.8 Å². The third-order valence-corrected chi connectivity index (χ3v) is 5.84. The molecule has 0 radical (unpaired) electrons. The number of rotatable bonds is 7. The van der Waals surface area contributed by atoms with Crippen molar-refractivity contribution in [1.82, 2.24) is 10.3 Å². The van der Waals surface area contributed by atoms with Gasteiger partial charge in [0.1, 0.15) is 5.52 Å². The van der Waals surface area contributed by atoms with E-state index in [-0.39, 0.29) is 23.5 Å². The number of nitrogens with zero attached hydrogens (tertiary/aromatic N) is 1. The SMILES string of the molecule is O=C(CSc1nc2ccccc2o1)NCc1cccc(NC(=O)C2CCCC2)c1. The summed E-state index contributed by atoms with van der Waals surface area (Å²) in [6.07, 6.45) is 4.20. The van der Waals surface area contributed by atoms with E-state index in [0.29, 0.717) is 17.4 Å². The first kappa shape index (κ1) is 19.5. The van der Waals surface area contributed by atoms with Crippen LogP contribution in [0.15, 0.2) is 58.2 Å². The monoisotopic (exact) mass is 409 g/mol. The molecule has 0 saturated heterocycles. The maximum atomic E-state index is 12.3. The molecule has 2 aromatic carbocycles. The number of anilines is 1. The molecular weight excluding hydrogens is 386 g/mol. The van der Waals surface area contributed by atoms with Crippen molar-refractivity contribution in [2.24, 2.45) is 5.92 Å². The number of oxazole rings is 1. The fourth-order valence-electron chi connectivity index (χ4n) is 3.48. The highest BCUT2D eigenvalue weighted by Gasteiger charge is 2.22. The van der Waals surface area contributed by atoms with Crippen molar-refractivity contribution in [2.75, 3.05) is 11.1 Å². The van der Waals surface area contributed by atoms with Crippen molar-refractivity contribution in [3.63, 3.8) is 0 Å². The van der Waals surface area contributed by atoms with Crippen molar-refractivity contribution in [3.8, 4) is 0 Å². The van der Waals surface area contributed by atoms with E-state index in [2.05, 4.69) is 15.6 Å². The van der Waals surface area contributed by atoms with Gasteiger partial charge in [-0.05, 0) is 42.7 Å². The molecule has 2 amide bonds. The zero-order valence-electron chi connectivity index (χ0n) is 16.0. The summed E-state index contributed by atoms with van der Waals surface area (Å²) in [5.74, 6) is 0.351. The normalized spacial score (nSPS) is 14.2. The second-order valence-corrected chi connectivity index (χ2v) is 8.11. The Labute approximate surface area is 173 Å². The number of amides is 2. The van der Waals surface area contributed by atoms with Gasteiger partial charge in [0.15, 0.2) is 5.58 Å². The van der Waals surface area contributed by atoms with Gasteiger partial charge in [-0.25, -0.2) is 4.98 Å². The number of para-hydroxylation sites is 2. The lowest BCUT2D eigenvalue weighted by Gasteiger charge is -2.11. The van der Waals surface area contributed by atoms with Gasteiger partial charge in [0.25, 0.3) is 5.22 Å². The van der Waals surface area contributed by atoms with E-state index < -0.39 is 0 Å². The van der Waals surface area contributed by atoms with Crippen LogP contribution in [0.5, 0.6) is 0 Å². The summed E-state index contributed by atoms with van der Waals surface area (Å²) < 4.78 is 5.61. The van der Waals surface area contributed by atoms with Crippen molar-refractivity contribution in [2.45, 2.75) is 37.5 Å². The molecule has 1 aliphatic rings. The molecule has 0 unspecified atom stereocenters. The Morgan fingerprint density at radius 1 is 1.10 bits per heavy atom. The molecule has 6 nitrogen and oxygen atoms in total. The summed E-state index contributed by atoms with van der Waals surface area (Å²) in [4.78, 5) is 28.8. The Hall–Kier alpha value is -2.80. The maximum absolute atomic E-state index is 12.3. The minimum Gasteiger partial charge on any atom is -0.431 e. The van der Waals surface area contributed by atoms with Crippen LogP contribution >= 0.6 is 11.8 Å². The van der Waals surface area contributed by atoms with Crippen LogP contribution in [0, 0.1) is 5.92 Å². The molecule has 150 valence electrons. The number of aromatic nitrogens is 1. The van der Waals surface area contributed by atoms with Crippen molar-refractivity contribution in [3.05, 3.63) is 54.1 Å². The lowest BCUT2D eigenvalue weighted by atomic mass is 10.1. The van der Waals surface area contributed by atoms with Gasteiger partial charge in [-0.2, -0.15) is 0 Å². The second kappa shape index (κ2) is 9.13. The molecule has 2 N–H and O–H groups in total. The van der Waals surface area contributed by atoms with Gasteiger partial charge in [0.2, 0.25) is 11.8 Å². The fourth-order valence-corrected chi connectivity index (χ4v) is 4.15. The smallest absolute Gasteiger partial charge is 0.257 e. The van der Waals surface area contributed by atoms with Gasteiger partial charge >= 0.3 is 0 Å². The topological polar surface area (TPSA) is 84.2 Å². The van der Waals surface area contributed by atoms with Gasteiger partial charge in [-0.3, -0.25) is 9.59 Å². The van der Waals surface area contributed by atoms with Crippen LogP contribution in [0.2, 0.25) is 0 Å². The van der Waals surface area contributed by atoms with Crippen LogP contribution in [0.25, 0.3) is 11.1 Å². The first-order valence-electron chi connectivity index (χ1n) is 9.82. The molecule has 1 heterocycles. The second-order valence-electron chi connectivity index (χ2n) is 7.18. The van der Waals surface area contributed by atoms with E-state index in [1.54, 1.807) is 0 Å². The third-order valence-electron chi connectivity index (χ3n) is 5.01. The predicted octanol–water partition coefficient (Wildman–Crippen LogP) is 4.37. The Kier molecular flexibility index (Phi) is 6.14. The number of carbonyl (C=O) groups excluding carboxylic acids is 2. The number of thioether (sulfide) groups is 1. The van der Waals surface area contributed by atoms with Crippen LogP contribution in [0.1, 0.15) is 31.2 Å². The van der Waals surface area contributed by atoms with Gasteiger partial charge in [0.05, 0.1) is 5.75 Å². The maximum Gasteiger partial charge on any atom is 0.257 e. The van der Waals surface area contributed by atoms with Crippen molar-refractivity contribution < 1.29 is 14.0 Å². The first-order valence-corrected chi connectivity index (χ1v) is 10.8. The summed E-state index contributed by atoms with van der Waals surface area (Å²) in [6, 6.07) is 15.1. The molecule has 29 heavy (non-hydrogen) atoms. The Morgan fingerprint density at radius 3 is 2.76 bits per heavy atom. The Bertz CT molecular complexity index is 978. The molecular formula is C22H23N3O3S. The molecule has 1 aromatic heterocycles. The number of hydrogen-bond acceptors (Lipinski definition) is 5. The summed E-state index contributed by atoms with van der Waals surface area (Å²) in [7, 11) is 0. The highest BCUT2D eigenvalue weighted by atomic mass is 32.2. The highest BCUT2D eigenvalue weighted by Crippen LogP contribution is 2.26. The average molecular weight is 410 g/mol. The molecule has 0 aliphatic heterocycles. The molecule has 7 heteroatoms. The fraction of sp³-hybridized carbons (Fsp3) is 0.318. The van der Waals surface area contributed by atoms with Crippen LogP contribution in [0.4, 0.5) is 5.69 Å². The molecule has 0 bridgehead atoms. The molecule has 0 atom stereocenters. The summed E-state index contributed by atoms with van der Waals surface area (Å²) in [5.41, 5.74) is 3.21. The van der Waals surface area contributed by atoms with Crippen LogP contribution in [0.3, 0.4) is 0 Å². The molecule has 4 rings (SSSR count). The summed E-state index contributed by atoms with van der Waals surface area (Å²) in [5, 5.41) is 6.38. The van der Waals surface area contributed by atoms with Gasteiger partial charge in [-0.1, -0.05) is 48.9 Å². The molecule has 1 aliphatic carbocycles. The lowest BCUT2D eigenvalue weighted by molar-refractivity contribution is -0.120. The molecule has 1 fully saturated rings. The number of carbonyl (C=O) groups is 2. The zero-order chi connectivity index (χ0) is 20.1. The summed E-state index contributed by atoms with van der Waals surface area (Å²) >= 11 is 1.27. The van der Waals surface area contributed by atoms with E-state index >= 15 is 0 Å². The van der Waals surface area contributed by atoms with E-state index in [0.717, 1.165) is 42.5 Å². The first-order chi connectivity index (χ1) is 14.2. The van der Waals surface area contributed by atoms with E-state index in [4.69, 9.17) is 4.42 Å². The van der Waals surface area contributed by atoms with Gasteiger partial charge in [-0.15, -0.1) is 0 Å². The average Bonchev–Trinajstić information content (AvgIpc) is 3.40. The largest absolute Gasteiger partial charge is 0.431 e. The van der Waals surface area contributed by atoms with Crippen molar-refractivity contribution >= 4 is 40.4 Å². The van der Waals surface area contributed by atoms with Gasteiger partial charge in [0, 0.05) is 18.2 Å². The van der Waals surface area contributed by atoms with Gasteiger partial charge < -0.3 is 15.1 Å². The Balaban J connectivity index is 1.26. The van der Waals surface area contributed by atoms with Crippen LogP contribution in [-0.4, -0.2) is 22.6 Å². The lowest BCUT2D eigenvalue weighted by Crippen LogP contribution is -2.24. The number of nitrogens with one attached hydrogen (secondary N) is 2. The zero-order valence-corrected chi connectivity index (χ0v) is 16.8. The quantitative estimate of drug-likeness (QED) is 0.566. The van der Waals surface area contributed by atoms with Crippen LogP contribution < -0.4 is 10.6 Å². The number of fused-ring (bicyclic) bond motifs is 1. The molecule has 0 spiro atoms. The standard InChI is InChI=1S/C22H23N3O3S/c26-20(14-29-22-25-18-10-3-4-11-19(18)28-22)23-13-15-6-5-9-17(12-15)24-21(27)16-7-1-2-8-16/h3-6,9-12,16H,1-2,7-8,13-14H2,(H,23,26)(H,24,27). The number of hydrogen-bond donors (Lipinski definition) is 2. The summed E-state index contributed by atoms with van der Waals surface area (Å²) in [6.45, 7) is 0.403. The minimum atomic E-state index is -0.0994. The van der Waals surface area contributed by atoms with E-state index in [9.17, 15) is 9.59 Å². The minimum absolute atomic E-state index is 0.0958. The predicted molar refractivity (Wildman–Crippen MR) is 114 cm³/mol. The Morgan fingerprint density at radius 2 is 1.93 bits per heavy atom. The molecule has 1 saturated carbocycles.